The predicted molar refractivity (Wildman–Crippen MR) is 106 cm³/mol. The third kappa shape index (κ3) is 3.66. The van der Waals surface area contributed by atoms with Gasteiger partial charge in [0.2, 0.25) is 0 Å². The highest BCUT2D eigenvalue weighted by atomic mass is 32.1. The minimum absolute atomic E-state index is 0.328. The van der Waals surface area contributed by atoms with E-state index in [-0.39, 0.29) is 0 Å². The summed E-state index contributed by atoms with van der Waals surface area (Å²) in [7, 11) is 0. The molecule has 0 aliphatic carbocycles. The average Bonchev–Trinajstić information content (AvgIpc) is 3.21. The zero-order valence-electron chi connectivity index (χ0n) is 15.0. The fourth-order valence-corrected chi connectivity index (χ4v) is 3.72. The molecule has 25 heavy (non-hydrogen) atoms. The summed E-state index contributed by atoms with van der Waals surface area (Å²) in [4.78, 5) is 11.2. The zero-order valence-corrected chi connectivity index (χ0v) is 15.9. The van der Waals surface area contributed by atoms with E-state index in [9.17, 15) is 0 Å². The topological polar surface area (TPSA) is 64.9 Å². The number of hydrogen-bond acceptors (Lipinski definition) is 5. The second-order valence-corrected chi connectivity index (χ2v) is 7.38. The molecule has 0 aromatic carbocycles. The number of nitrogens with two attached hydrogens (primary N) is 1. The summed E-state index contributed by atoms with van der Waals surface area (Å²) < 4.78 is 5.86. The SMILES string of the molecule is CC=CC(=CC)Cc1cc2c(N)nc(-c3ccc(C(C)C)o3)nc2s1. The summed E-state index contributed by atoms with van der Waals surface area (Å²) in [6.07, 6.45) is 7.18. The van der Waals surface area contributed by atoms with Gasteiger partial charge in [-0.3, -0.25) is 0 Å². The first-order valence-corrected chi connectivity index (χ1v) is 9.27. The molecule has 0 spiro atoms. The molecule has 5 heteroatoms. The molecule has 3 rings (SSSR count). The Morgan fingerprint density at radius 1 is 1.28 bits per heavy atom. The maximum absolute atomic E-state index is 6.18. The van der Waals surface area contributed by atoms with Crippen molar-refractivity contribution in [2.45, 2.75) is 40.0 Å². The molecule has 0 radical (unpaired) electrons. The monoisotopic (exact) mass is 353 g/mol. The molecule has 0 aliphatic heterocycles. The fourth-order valence-electron chi connectivity index (χ4n) is 2.65. The van der Waals surface area contributed by atoms with Crippen molar-refractivity contribution in [3.8, 4) is 11.6 Å². The quantitative estimate of drug-likeness (QED) is 0.596. The molecule has 130 valence electrons. The first-order chi connectivity index (χ1) is 12.0. The van der Waals surface area contributed by atoms with Crippen LogP contribution >= 0.6 is 11.3 Å². The Bertz CT molecular complexity index is 947. The number of anilines is 1. The Morgan fingerprint density at radius 2 is 2.08 bits per heavy atom. The Labute approximate surface area is 152 Å². The normalized spacial score (nSPS) is 12.8. The number of rotatable bonds is 5. The van der Waals surface area contributed by atoms with E-state index in [4.69, 9.17) is 10.2 Å². The molecular formula is C20H23N3OS. The van der Waals surface area contributed by atoms with Crippen LogP contribution in [0.2, 0.25) is 0 Å². The van der Waals surface area contributed by atoms with Crippen LogP contribution in [0.4, 0.5) is 5.82 Å². The van der Waals surface area contributed by atoms with Gasteiger partial charge in [0.05, 0.1) is 5.39 Å². The number of fused-ring (bicyclic) bond motifs is 1. The molecule has 0 unspecified atom stereocenters. The van der Waals surface area contributed by atoms with E-state index in [0.29, 0.717) is 23.3 Å². The van der Waals surface area contributed by atoms with Crippen LogP contribution in [0.5, 0.6) is 0 Å². The number of thiophene rings is 1. The third-order valence-electron chi connectivity index (χ3n) is 4.02. The first-order valence-electron chi connectivity index (χ1n) is 8.45. The van der Waals surface area contributed by atoms with Gasteiger partial charge in [0, 0.05) is 17.2 Å². The van der Waals surface area contributed by atoms with Crippen LogP contribution in [0.15, 0.2) is 46.4 Å². The summed E-state index contributed by atoms with van der Waals surface area (Å²) in [6, 6.07) is 5.97. The van der Waals surface area contributed by atoms with Gasteiger partial charge in [-0.05, 0) is 37.6 Å². The van der Waals surface area contributed by atoms with Gasteiger partial charge >= 0.3 is 0 Å². The van der Waals surface area contributed by atoms with Crippen molar-refractivity contribution < 1.29 is 4.42 Å². The van der Waals surface area contributed by atoms with E-state index in [2.05, 4.69) is 55.0 Å². The fraction of sp³-hybridized carbons (Fsp3) is 0.300. The van der Waals surface area contributed by atoms with Gasteiger partial charge in [0.25, 0.3) is 0 Å². The second-order valence-electron chi connectivity index (χ2n) is 6.26. The minimum Gasteiger partial charge on any atom is -0.457 e. The standard InChI is InChI=1S/C20H23N3OS/c1-5-7-13(6-2)10-14-11-15-18(21)22-19(23-20(15)25-14)17-9-8-16(24-17)12(3)4/h5-9,11-12H,10H2,1-4H3,(H2,21,22,23). The van der Waals surface area contributed by atoms with Gasteiger partial charge in [-0.25, -0.2) is 9.97 Å². The van der Waals surface area contributed by atoms with E-state index in [1.165, 1.54) is 10.5 Å². The van der Waals surface area contributed by atoms with Crippen LogP contribution in [-0.4, -0.2) is 9.97 Å². The number of aromatic nitrogens is 2. The van der Waals surface area contributed by atoms with E-state index < -0.39 is 0 Å². The molecule has 0 atom stereocenters. The molecule has 4 nitrogen and oxygen atoms in total. The maximum Gasteiger partial charge on any atom is 0.199 e. The molecule has 0 aliphatic rings. The molecule has 2 N–H and O–H groups in total. The van der Waals surface area contributed by atoms with E-state index in [1.807, 2.05) is 19.1 Å². The van der Waals surface area contributed by atoms with Gasteiger partial charge in [-0.1, -0.05) is 32.1 Å². The molecule has 0 saturated heterocycles. The van der Waals surface area contributed by atoms with Crippen LogP contribution in [0.25, 0.3) is 21.8 Å². The summed E-state index contributed by atoms with van der Waals surface area (Å²) in [5.41, 5.74) is 7.45. The summed E-state index contributed by atoms with van der Waals surface area (Å²) in [6.45, 7) is 8.27. The number of nitrogens with zero attached hydrogens (tertiary/aromatic N) is 2. The maximum atomic E-state index is 6.18. The van der Waals surface area contributed by atoms with Crippen molar-refractivity contribution in [2.75, 3.05) is 5.73 Å². The lowest BCUT2D eigenvalue weighted by atomic mass is 10.1. The molecule has 0 amide bonds. The molecule has 0 bridgehead atoms. The average molecular weight is 353 g/mol. The second kappa shape index (κ2) is 7.23. The summed E-state index contributed by atoms with van der Waals surface area (Å²) in [5, 5.41) is 0.912. The van der Waals surface area contributed by atoms with Gasteiger partial charge in [0.1, 0.15) is 16.4 Å². The molecule has 3 heterocycles. The highest BCUT2D eigenvalue weighted by Gasteiger charge is 2.15. The first kappa shape index (κ1) is 17.4. The van der Waals surface area contributed by atoms with Crippen LogP contribution < -0.4 is 5.73 Å². The van der Waals surface area contributed by atoms with Crippen molar-refractivity contribution in [1.29, 1.82) is 0 Å². The van der Waals surface area contributed by atoms with Gasteiger partial charge in [0.15, 0.2) is 11.6 Å². The highest BCUT2D eigenvalue weighted by molar-refractivity contribution is 7.18. The summed E-state index contributed by atoms with van der Waals surface area (Å²) in [5.74, 6) is 2.96. The number of allylic oxidation sites excluding steroid dienone is 4. The van der Waals surface area contributed by atoms with Crippen LogP contribution in [0.3, 0.4) is 0 Å². The van der Waals surface area contributed by atoms with Crippen LogP contribution in [0, 0.1) is 0 Å². The third-order valence-corrected chi connectivity index (χ3v) is 5.05. The van der Waals surface area contributed by atoms with Crippen molar-refractivity contribution in [3.05, 3.63) is 52.6 Å². The lowest BCUT2D eigenvalue weighted by molar-refractivity contribution is 0.496. The lowest BCUT2D eigenvalue weighted by Crippen LogP contribution is -1.95. The smallest absolute Gasteiger partial charge is 0.199 e. The zero-order chi connectivity index (χ0) is 18.0. The largest absolute Gasteiger partial charge is 0.457 e. The highest BCUT2D eigenvalue weighted by Crippen LogP contribution is 2.32. The van der Waals surface area contributed by atoms with E-state index >= 15 is 0 Å². The van der Waals surface area contributed by atoms with Gasteiger partial charge in [-0.15, -0.1) is 11.3 Å². The van der Waals surface area contributed by atoms with E-state index in [1.54, 1.807) is 11.3 Å². The van der Waals surface area contributed by atoms with Crippen molar-refractivity contribution in [1.82, 2.24) is 9.97 Å². The van der Waals surface area contributed by atoms with Crippen molar-refractivity contribution in [3.63, 3.8) is 0 Å². The minimum atomic E-state index is 0.328. The summed E-state index contributed by atoms with van der Waals surface area (Å²) >= 11 is 1.66. The number of nitrogen functional groups attached to an aromatic ring is 1. The molecule has 3 aromatic rings. The lowest BCUT2D eigenvalue weighted by Gasteiger charge is -2.01. The van der Waals surface area contributed by atoms with Crippen molar-refractivity contribution >= 4 is 27.4 Å². The van der Waals surface area contributed by atoms with Crippen LogP contribution in [0.1, 0.15) is 44.3 Å². The Morgan fingerprint density at radius 3 is 2.72 bits per heavy atom. The number of furan rings is 1. The Hall–Kier alpha value is -2.40. The molecule has 3 aromatic heterocycles. The Kier molecular flexibility index (Phi) is 5.04. The Balaban J connectivity index is 1.98. The number of hydrogen-bond donors (Lipinski definition) is 1. The van der Waals surface area contributed by atoms with Gasteiger partial charge in [-0.2, -0.15) is 0 Å². The van der Waals surface area contributed by atoms with Crippen molar-refractivity contribution in [2.24, 2.45) is 0 Å². The predicted octanol–water partition coefficient (Wildman–Crippen LogP) is 5.72. The molecule has 0 fully saturated rings. The molecule has 0 saturated carbocycles. The van der Waals surface area contributed by atoms with Crippen LogP contribution in [-0.2, 0) is 6.42 Å². The van der Waals surface area contributed by atoms with Gasteiger partial charge < -0.3 is 10.2 Å². The molecular weight excluding hydrogens is 330 g/mol. The van der Waals surface area contributed by atoms with E-state index in [0.717, 1.165) is 22.4 Å².